The first-order valence-corrected chi connectivity index (χ1v) is 21.1. The number of hydrogen-bond donors (Lipinski definition) is 0. The van der Waals surface area contributed by atoms with Crippen LogP contribution in [-0.2, 0) is 24.1 Å². The van der Waals surface area contributed by atoms with E-state index in [9.17, 15) is 0 Å². The van der Waals surface area contributed by atoms with Gasteiger partial charge < -0.3 is 4.74 Å². The predicted molar refractivity (Wildman–Crippen MR) is 215 cm³/mol. The lowest BCUT2D eigenvalue weighted by atomic mass is 10.0. The van der Waals surface area contributed by atoms with Gasteiger partial charge in [0, 0.05) is 6.61 Å². The summed E-state index contributed by atoms with van der Waals surface area (Å²) < 4.78 is 6.65. The molecule has 0 aliphatic carbocycles. The molecule has 7 heteroatoms. The smallest absolute Gasteiger partial charge is 0.108 e. The van der Waals surface area contributed by atoms with E-state index in [0.29, 0.717) is 26.4 Å². The van der Waals surface area contributed by atoms with Crippen LogP contribution in [0.2, 0.25) is 0 Å². The molecule has 292 valence electrons. The summed E-state index contributed by atoms with van der Waals surface area (Å²) in [6.45, 7) is 14.5. The van der Waals surface area contributed by atoms with Crippen molar-refractivity contribution in [1.29, 1.82) is 0 Å². The lowest BCUT2D eigenvalue weighted by Gasteiger charge is -2.25. The minimum atomic E-state index is -0.184. The third-order valence-corrected chi connectivity index (χ3v) is 9.17. The monoisotopic (exact) mass is 713 g/mol. The Kier molecular flexibility index (Phi) is 27.7. The topological polar surface area (TPSA) is 52.6 Å². The van der Waals surface area contributed by atoms with E-state index >= 15 is 0 Å². The van der Waals surface area contributed by atoms with E-state index in [1.807, 2.05) is 0 Å². The molecule has 0 bridgehead atoms. The Labute approximate surface area is 313 Å². The highest BCUT2D eigenvalue weighted by atomic mass is 17.0. The third-order valence-electron chi connectivity index (χ3n) is 9.17. The van der Waals surface area contributed by atoms with Gasteiger partial charge >= 0.3 is 0 Å². The average Bonchev–Trinajstić information content (AvgIpc) is 3.16. The first-order valence-electron chi connectivity index (χ1n) is 21.1. The molecule has 2 aromatic carbocycles. The van der Waals surface area contributed by atoms with E-state index in [0.717, 1.165) is 61.2 Å². The Hall–Kier alpha value is -2.16. The van der Waals surface area contributed by atoms with Crippen LogP contribution in [0.15, 0.2) is 48.5 Å². The third kappa shape index (κ3) is 20.6. The Morgan fingerprint density at radius 1 is 0.353 bits per heavy atom. The Balaban J connectivity index is 2.21. The number of unbranched alkanes of at least 4 members (excludes halogenated alkanes) is 16. The molecule has 0 radical (unpaired) electrons. The summed E-state index contributed by atoms with van der Waals surface area (Å²) in [6, 6.07) is 17.0. The fourth-order valence-electron chi connectivity index (χ4n) is 5.91. The molecule has 0 N–H and O–H groups in total. The van der Waals surface area contributed by atoms with Crippen molar-refractivity contribution < 1.29 is 24.1 Å². The van der Waals surface area contributed by atoms with Crippen molar-refractivity contribution in [3.05, 3.63) is 59.7 Å². The van der Waals surface area contributed by atoms with Gasteiger partial charge in [-0.3, -0.25) is 0 Å². The minimum Gasteiger partial charge on any atom is -0.369 e. The zero-order valence-electron chi connectivity index (χ0n) is 33.5. The van der Waals surface area contributed by atoms with Gasteiger partial charge in [-0.1, -0.05) is 162 Å². The van der Waals surface area contributed by atoms with Crippen LogP contribution in [0.3, 0.4) is 0 Å². The lowest BCUT2D eigenvalue weighted by molar-refractivity contribution is -0.0916. The molecule has 0 amide bonds. The molecule has 0 spiro atoms. The minimum absolute atomic E-state index is 0.184. The van der Waals surface area contributed by atoms with Crippen molar-refractivity contribution in [3.8, 4) is 0 Å². The van der Waals surface area contributed by atoms with Crippen molar-refractivity contribution >= 4 is 11.4 Å². The van der Waals surface area contributed by atoms with Crippen LogP contribution in [0.5, 0.6) is 0 Å². The molecule has 0 unspecified atom stereocenters. The van der Waals surface area contributed by atoms with E-state index in [4.69, 9.17) is 24.1 Å². The van der Waals surface area contributed by atoms with Crippen molar-refractivity contribution in [2.45, 2.75) is 176 Å². The molecule has 7 nitrogen and oxygen atoms in total. The Bertz CT molecular complexity index is 931. The summed E-state index contributed by atoms with van der Waals surface area (Å²) in [5, 5.41) is 3.28. The molecule has 51 heavy (non-hydrogen) atoms. The average molecular weight is 713 g/mol. The summed E-state index contributed by atoms with van der Waals surface area (Å²) in [5.74, 6) is 0. The van der Waals surface area contributed by atoms with E-state index < -0.39 is 0 Å². The number of nitrogens with zero attached hydrogens (tertiary/aromatic N) is 2. The highest BCUT2D eigenvalue weighted by Crippen LogP contribution is 2.31. The van der Waals surface area contributed by atoms with Crippen LogP contribution in [0.1, 0.15) is 187 Å². The highest BCUT2D eigenvalue weighted by molar-refractivity contribution is 5.48. The van der Waals surface area contributed by atoms with Crippen LogP contribution in [0, 0.1) is 0 Å². The fourth-order valence-corrected chi connectivity index (χ4v) is 5.91. The lowest BCUT2D eigenvalue weighted by Crippen LogP contribution is -2.25. The molecular formula is C44H76N2O5. The normalized spacial score (nSPS) is 11.5. The molecule has 0 fully saturated rings. The number of hydrogen-bond acceptors (Lipinski definition) is 7. The van der Waals surface area contributed by atoms with Gasteiger partial charge in [-0.25, -0.2) is 19.4 Å². The largest absolute Gasteiger partial charge is 0.369 e. The number of benzene rings is 2. The van der Waals surface area contributed by atoms with Crippen LogP contribution < -0.4 is 10.5 Å². The quantitative estimate of drug-likeness (QED) is 0.0521. The molecular weight excluding hydrogens is 636 g/mol. The second-order valence-corrected chi connectivity index (χ2v) is 13.9. The maximum Gasteiger partial charge on any atom is 0.108 e. The van der Waals surface area contributed by atoms with Crippen LogP contribution in [-0.4, -0.2) is 33.0 Å². The summed E-state index contributed by atoms with van der Waals surface area (Å²) in [6.07, 6.45) is 24.4. The summed E-state index contributed by atoms with van der Waals surface area (Å²) in [5.41, 5.74) is 4.03. The molecule has 0 aliphatic heterocycles. The van der Waals surface area contributed by atoms with Crippen LogP contribution >= 0.6 is 0 Å². The first-order chi connectivity index (χ1) is 25.2. The van der Waals surface area contributed by atoms with Crippen molar-refractivity contribution in [3.63, 3.8) is 0 Å². The van der Waals surface area contributed by atoms with Crippen molar-refractivity contribution in [2.24, 2.45) is 0 Å². The molecule has 0 aromatic heterocycles. The van der Waals surface area contributed by atoms with E-state index in [1.165, 1.54) is 103 Å². The van der Waals surface area contributed by atoms with Gasteiger partial charge in [0.05, 0.1) is 37.8 Å². The van der Waals surface area contributed by atoms with Crippen molar-refractivity contribution in [2.75, 3.05) is 43.5 Å². The molecule has 2 aromatic rings. The van der Waals surface area contributed by atoms with Crippen LogP contribution in [0.25, 0.3) is 0 Å². The maximum absolute atomic E-state index is 6.65. The summed E-state index contributed by atoms with van der Waals surface area (Å²) >= 11 is 0. The van der Waals surface area contributed by atoms with Crippen molar-refractivity contribution in [1.82, 2.24) is 0 Å². The number of rotatable bonds is 35. The Morgan fingerprint density at radius 3 is 0.941 bits per heavy atom. The van der Waals surface area contributed by atoms with Gasteiger partial charge in [-0.2, -0.15) is 0 Å². The van der Waals surface area contributed by atoms with Gasteiger partial charge in [-0.15, -0.1) is 10.5 Å². The molecule has 0 aliphatic rings. The summed E-state index contributed by atoms with van der Waals surface area (Å²) in [7, 11) is 0. The number of anilines is 2. The van der Waals surface area contributed by atoms with Gasteiger partial charge in [0.1, 0.15) is 6.10 Å². The standard InChI is InChI=1S/C44H76N2O5/c1-6-11-16-21-22-35-47-44(40-27-31-42(32-28-40)45(48-36-23-17-12-7-2)49-37-24-18-13-8-3)41-29-33-43(34-30-41)46(50-38-25-19-14-9-4)51-39-26-20-15-10-5/h27-34,44H,6-26,35-39H2,1-5H3. The van der Waals surface area contributed by atoms with E-state index in [-0.39, 0.29) is 6.10 Å². The molecule has 0 atom stereocenters. The van der Waals surface area contributed by atoms with Gasteiger partial charge in [-0.05, 0) is 67.5 Å². The van der Waals surface area contributed by atoms with E-state index in [1.54, 1.807) is 10.5 Å². The molecule has 0 saturated carbocycles. The zero-order chi connectivity index (χ0) is 36.6. The van der Waals surface area contributed by atoms with Gasteiger partial charge in [0.15, 0.2) is 0 Å². The zero-order valence-corrected chi connectivity index (χ0v) is 33.5. The first kappa shape index (κ1) is 45.0. The predicted octanol–water partition coefficient (Wildman–Crippen LogP) is 13.4. The van der Waals surface area contributed by atoms with Gasteiger partial charge in [0.25, 0.3) is 0 Å². The summed E-state index contributed by atoms with van der Waals surface area (Å²) in [4.78, 5) is 24.6. The highest BCUT2D eigenvalue weighted by Gasteiger charge is 2.18. The molecule has 0 saturated heterocycles. The SMILES string of the molecule is CCCCCCCOC(c1ccc(N(OCCCCCC)OCCCCCC)cc1)c1ccc(N(OCCCCCC)OCCCCCC)cc1. The van der Waals surface area contributed by atoms with Crippen LogP contribution in [0.4, 0.5) is 11.4 Å². The number of ether oxygens (including phenoxy) is 1. The molecule has 0 heterocycles. The van der Waals surface area contributed by atoms with Gasteiger partial charge in [0.2, 0.25) is 0 Å². The fraction of sp³-hybridized carbons (Fsp3) is 0.727. The molecule has 2 rings (SSSR count). The second kappa shape index (κ2) is 31.4. The second-order valence-electron chi connectivity index (χ2n) is 13.9. The Morgan fingerprint density at radius 2 is 0.627 bits per heavy atom. The van der Waals surface area contributed by atoms with E-state index in [2.05, 4.69) is 83.1 Å². The maximum atomic E-state index is 6.65.